The van der Waals surface area contributed by atoms with E-state index >= 15 is 0 Å². The fourth-order valence-electron chi connectivity index (χ4n) is 2.38. The number of fused-ring (bicyclic) bond motifs is 1. The molecule has 2 N–H and O–H groups in total. The molecule has 1 fully saturated rings. The summed E-state index contributed by atoms with van der Waals surface area (Å²) in [6, 6.07) is 0. The minimum atomic E-state index is 0.609. The molecule has 1 aliphatic heterocycles. The van der Waals surface area contributed by atoms with Gasteiger partial charge in [-0.2, -0.15) is 28.6 Å². The van der Waals surface area contributed by atoms with Gasteiger partial charge in [0.25, 0.3) is 0 Å². The van der Waals surface area contributed by atoms with E-state index in [1.807, 2.05) is 42.2 Å². The van der Waals surface area contributed by atoms with Gasteiger partial charge in [-0.05, 0) is 6.92 Å². The van der Waals surface area contributed by atoms with Crippen LogP contribution >= 0.6 is 23.5 Å². The van der Waals surface area contributed by atoms with Gasteiger partial charge in [-0.25, -0.2) is 4.98 Å². The summed E-state index contributed by atoms with van der Waals surface area (Å²) < 4.78 is 3.99. The van der Waals surface area contributed by atoms with Crippen LogP contribution in [0.1, 0.15) is 5.69 Å². The topological polar surface area (TPSA) is 61.7 Å². The lowest BCUT2D eigenvalue weighted by Gasteiger charge is -2.21. The Labute approximate surface area is 114 Å². The molecular weight excluding hydrogens is 266 g/mol. The molecule has 1 atom stereocenters. The molecule has 18 heavy (non-hydrogen) atoms. The molecule has 2 aromatic heterocycles. The van der Waals surface area contributed by atoms with Gasteiger partial charge in [0.1, 0.15) is 5.52 Å². The van der Waals surface area contributed by atoms with Crippen molar-refractivity contribution in [3.63, 3.8) is 0 Å². The monoisotopic (exact) mass is 283 g/mol. The molecule has 0 aliphatic carbocycles. The molecule has 5 nitrogen and oxygen atoms in total. The zero-order valence-corrected chi connectivity index (χ0v) is 12.2. The molecule has 1 unspecified atom stereocenters. The largest absolute Gasteiger partial charge is 0.369 e. The zero-order chi connectivity index (χ0) is 12.7. The first-order chi connectivity index (χ1) is 8.66. The summed E-state index contributed by atoms with van der Waals surface area (Å²) in [5.74, 6) is 4.30. The third kappa shape index (κ3) is 1.99. The highest BCUT2D eigenvalue weighted by molar-refractivity contribution is 8.06. The van der Waals surface area contributed by atoms with E-state index < -0.39 is 0 Å². The van der Waals surface area contributed by atoms with Crippen LogP contribution in [0.4, 0.5) is 5.95 Å². The summed E-state index contributed by atoms with van der Waals surface area (Å²) in [7, 11) is 1.95. The number of nitrogen functional groups attached to an aromatic ring is 1. The maximum atomic E-state index is 6.05. The lowest BCUT2D eigenvalue weighted by atomic mass is 10.4. The summed E-state index contributed by atoms with van der Waals surface area (Å²) in [5, 5.41) is 5.03. The summed E-state index contributed by atoms with van der Waals surface area (Å²) in [5.41, 5.74) is 8.97. The number of imidazole rings is 1. The van der Waals surface area contributed by atoms with Crippen molar-refractivity contribution < 1.29 is 0 Å². The predicted molar refractivity (Wildman–Crippen MR) is 79.2 cm³/mol. The summed E-state index contributed by atoms with van der Waals surface area (Å²) >= 11 is 4.06. The van der Waals surface area contributed by atoms with E-state index in [1.54, 1.807) is 0 Å². The van der Waals surface area contributed by atoms with Crippen molar-refractivity contribution in [3.05, 3.63) is 5.69 Å². The van der Waals surface area contributed by atoms with Gasteiger partial charge in [0.15, 0.2) is 5.65 Å². The minimum absolute atomic E-state index is 0.609. The van der Waals surface area contributed by atoms with Gasteiger partial charge < -0.3 is 5.73 Å². The highest BCUT2D eigenvalue weighted by atomic mass is 32.2. The third-order valence-electron chi connectivity index (χ3n) is 3.19. The molecule has 0 aromatic carbocycles. The molecule has 1 saturated heterocycles. The Bertz CT molecular complexity index is 567. The smallest absolute Gasteiger partial charge is 0.202 e. The normalized spacial score (nSPS) is 20.7. The van der Waals surface area contributed by atoms with Crippen LogP contribution in [0.3, 0.4) is 0 Å². The van der Waals surface area contributed by atoms with Crippen molar-refractivity contribution in [1.82, 2.24) is 19.3 Å². The number of thioether (sulfide) groups is 2. The van der Waals surface area contributed by atoms with Crippen molar-refractivity contribution in [3.8, 4) is 0 Å². The first-order valence-corrected chi connectivity index (χ1v) is 8.22. The maximum absolute atomic E-state index is 6.05. The van der Waals surface area contributed by atoms with Crippen LogP contribution in [0.25, 0.3) is 11.2 Å². The van der Waals surface area contributed by atoms with Gasteiger partial charge >= 0.3 is 0 Å². The van der Waals surface area contributed by atoms with Crippen LogP contribution in [0.15, 0.2) is 0 Å². The molecule has 0 radical (unpaired) electrons. The number of hydrogen-bond donors (Lipinski definition) is 1. The van der Waals surface area contributed by atoms with E-state index in [2.05, 4.69) is 14.6 Å². The molecule has 0 bridgehead atoms. The SMILES string of the molecule is Cc1nn(C)c2c1nc(N)n2CC1CSCCS1. The Morgan fingerprint density at radius 2 is 2.28 bits per heavy atom. The first kappa shape index (κ1) is 12.2. The number of nitrogens with zero attached hydrogens (tertiary/aromatic N) is 4. The van der Waals surface area contributed by atoms with E-state index in [0.717, 1.165) is 23.4 Å². The average molecular weight is 283 g/mol. The van der Waals surface area contributed by atoms with Crippen LogP contribution in [0, 0.1) is 6.92 Å². The number of anilines is 1. The van der Waals surface area contributed by atoms with Crippen LogP contribution in [0.5, 0.6) is 0 Å². The minimum Gasteiger partial charge on any atom is -0.369 e. The van der Waals surface area contributed by atoms with Gasteiger partial charge in [-0.1, -0.05) is 0 Å². The van der Waals surface area contributed by atoms with E-state index in [1.165, 1.54) is 17.3 Å². The Kier molecular flexibility index (Phi) is 3.19. The average Bonchev–Trinajstić information content (AvgIpc) is 2.81. The Morgan fingerprint density at radius 3 is 3.00 bits per heavy atom. The fourth-order valence-corrected chi connectivity index (χ4v) is 5.03. The summed E-state index contributed by atoms with van der Waals surface area (Å²) in [6.07, 6.45) is 0. The molecule has 0 saturated carbocycles. The van der Waals surface area contributed by atoms with Gasteiger partial charge in [-0.15, -0.1) is 0 Å². The second kappa shape index (κ2) is 4.70. The number of nitrogens with two attached hydrogens (primary N) is 1. The molecule has 2 aromatic rings. The second-order valence-electron chi connectivity index (χ2n) is 4.53. The zero-order valence-electron chi connectivity index (χ0n) is 10.6. The first-order valence-electron chi connectivity index (χ1n) is 6.01. The van der Waals surface area contributed by atoms with E-state index in [4.69, 9.17) is 5.73 Å². The van der Waals surface area contributed by atoms with Crippen molar-refractivity contribution in [2.45, 2.75) is 18.7 Å². The molecule has 0 amide bonds. The predicted octanol–water partition coefficient (Wildman–Crippen LogP) is 1.51. The second-order valence-corrected chi connectivity index (χ2v) is 7.09. The molecule has 7 heteroatoms. The molecule has 3 rings (SSSR count). The van der Waals surface area contributed by atoms with Crippen LogP contribution in [0.2, 0.25) is 0 Å². The van der Waals surface area contributed by atoms with E-state index in [0.29, 0.717) is 11.2 Å². The van der Waals surface area contributed by atoms with Crippen LogP contribution in [-0.2, 0) is 13.6 Å². The van der Waals surface area contributed by atoms with Crippen molar-refractivity contribution in [1.29, 1.82) is 0 Å². The van der Waals surface area contributed by atoms with E-state index in [-0.39, 0.29) is 0 Å². The number of aromatic nitrogens is 4. The van der Waals surface area contributed by atoms with Gasteiger partial charge in [0, 0.05) is 36.1 Å². The molecule has 3 heterocycles. The maximum Gasteiger partial charge on any atom is 0.202 e. The van der Waals surface area contributed by atoms with Gasteiger partial charge in [0.2, 0.25) is 5.95 Å². The van der Waals surface area contributed by atoms with Gasteiger partial charge in [0.05, 0.1) is 5.69 Å². The van der Waals surface area contributed by atoms with E-state index in [9.17, 15) is 0 Å². The van der Waals surface area contributed by atoms with Crippen LogP contribution in [-0.4, -0.2) is 41.8 Å². The Balaban J connectivity index is 1.97. The van der Waals surface area contributed by atoms with Crippen molar-refractivity contribution in [2.24, 2.45) is 7.05 Å². The standard InChI is InChI=1S/C11H17N5S2/c1-7-9-10(15(2)14-7)16(11(12)13-9)5-8-6-17-3-4-18-8/h8H,3-6H2,1-2H3,(H2,12,13). The highest BCUT2D eigenvalue weighted by Gasteiger charge is 2.20. The molecule has 98 valence electrons. The number of hydrogen-bond acceptors (Lipinski definition) is 5. The Morgan fingerprint density at radius 1 is 1.44 bits per heavy atom. The number of rotatable bonds is 2. The van der Waals surface area contributed by atoms with Crippen molar-refractivity contribution in [2.75, 3.05) is 23.0 Å². The lowest BCUT2D eigenvalue weighted by molar-refractivity contribution is 0.678. The number of aryl methyl sites for hydroxylation is 2. The summed E-state index contributed by atoms with van der Waals surface area (Å²) in [6.45, 7) is 2.91. The third-order valence-corrected chi connectivity index (χ3v) is 6.02. The summed E-state index contributed by atoms with van der Waals surface area (Å²) in [4.78, 5) is 4.44. The van der Waals surface area contributed by atoms with Crippen molar-refractivity contribution >= 4 is 40.6 Å². The molecule has 1 aliphatic rings. The van der Waals surface area contributed by atoms with Crippen LogP contribution < -0.4 is 5.73 Å². The molecular formula is C11H17N5S2. The lowest BCUT2D eigenvalue weighted by Crippen LogP contribution is -2.22. The fraction of sp³-hybridized carbons (Fsp3) is 0.636. The Hall–Kier alpha value is -0.820. The quantitative estimate of drug-likeness (QED) is 0.905. The highest BCUT2D eigenvalue weighted by Crippen LogP contribution is 2.28. The van der Waals surface area contributed by atoms with Gasteiger partial charge in [-0.3, -0.25) is 9.25 Å². The molecule has 0 spiro atoms.